The lowest BCUT2D eigenvalue weighted by molar-refractivity contribution is 0.731. The van der Waals surface area contributed by atoms with Crippen LogP contribution < -0.4 is 0 Å². The van der Waals surface area contributed by atoms with Crippen LogP contribution in [0.5, 0.6) is 0 Å². The average Bonchev–Trinajstić information content (AvgIpc) is 1.35. The van der Waals surface area contributed by atoms with E-state index in [1.165, 1.54) is 6.04 Å². The SMILES string of the molecule is C[Si]CC(C)C. The van der Waals surface area contributed by atoms with Gasteiger partial charge in [0.25, 0.3) is 0 Å². The quantitative estimate of drug-likeness (QED) is 0.464. The summed E-state index contributed by atoms with van der Waals surface area (Å²) in [7, 11) is 1.14. The highest BCUT2D eigenvalue weighted by molar-refractivity contribution is 6.33. The van der Waals surface area contributed by atoms with Crippen molar-refractivity contribution in [1.29, 1.82) is 0 Å². The molecule has 2 radical (unpaired) electrons. The Morgan fingerprint density at radius 1 is 1.50 bits per heavy atom. The van der Waals surface area contributed by atoms with Crippen molar-refractivity contribution in [3.63, 3.8) is 0 Å². The van der Waals surface area contributed by atoms with E-state index in [1.807, 2.05) is 0 Å². The molecular weight excluding hydrogens is 88.1 g/mol. The van der Waals surface area contributed by atoms with E-state index >= 15 is 0 Å². The van der Waals surface area contributed by atoms with Crippen LogP contribution in [0.4, 0.5) is 0 Å². The summed E-state index contributed by atoms with van der Waals surface area (Å²) in [6.07, 6.45) is 0. The van der Waals surface area contributed by atoms with E-state index in [2.05, 4.69) is 20.4 Å². The van der Waals surface area contributed by atoms with Gasteiger partial charge in [-0.1, -0.05) is 26.4 Å². The van der Waals surface area contributed by atoms with Crippen molar-refractivity contribution in [3.8, 4) is 0 Å². The first-order valence-corrected chi connectivity index (χ1v) is 4.12. The number of hydrogen-bond acceptors (Lipinski definition) is 0. The van der Waals surface area contributed by atoms with Gasteiger partial charge < -0.3 is 0 Å². The lowest BCUT2D eigenvalue weighted by Gasteiger charge is -1.95. The van der Waals surface area contributed by atoms with Crippen LogP contribution in [0.2, 0.25) is 12.6 Å². The summed E-state index contributed by atoms with van der Waals surface area (Å²) in [6, 6.07) is 1.40. The first-order valence-electron chi connectivity index (χ1n) is 2.42. The first-order chi connectivity index (χ1) is 2.77. The van der Waals surface area contributed by atoms with Crippen molar-refractivity contribution in [2.75, 3.05) is 0 Å². The van der Waals surface area contributed by atoms with Gasteiger partial charge in [0.15, 0.2) is 0 Å². The molecular formula is C5H12Si. The first kappa shape index (κ1) is 6.22. The van der Waals surface area contributed by atoms with Gasteiger partial charge in [0.1, 0.15) is 0 Å². The van der Waals surface area contributed by atoms with E-state index < -0.39 is 0 Å². The number of rotatable bonds is 2. The second-order valence-electron chi connectivity index (χ2n) is 1.95. The minimum atomic E-state index is 0.910. The molecule has 0 aromatic heterocycles. The van der Waals surface area contributed by atoms with E-state index in [1.54, 1.807) is 0 Å². The predicted molar refractivity (Wildman–Crippen MR) is 31.3 cm³/mol. The van der Waals surface area contributed by atoms with Gasteiger partial charge in [-0.2, -0.15) is 0 Å². The average molecular weight is 100 g/mol. The van der Waals surface area contributed by atoms with Crippen LogP contribution in [0, 0.1) is 5.92 Å². The lowest BCUT2D eigenvalue weighted by atomic mass is 10.3. The Morgan fingerprint density at radius 2 is 2.00 bits per heavy atom. The van der Waals surface area contributed by atoms with Crippen LogP contribution in [-0.4, -0.2) is 9.52 Å². The summed E-state index contributed by atoms with van der Waals surface area (Å²) in [5.41, 5.74) is 0. The molecule has 0 fully saturated rings. The highest BCUT2D eigenvalue weighted by Crippen LogP contribution is 1.96. The molecule has 6 heavy (non-hydrogen) atoms. The summed E-state index contributed by atoms with van der Waals surface area (Å²) in [5, 5.41) is 0. The van der Waals surface area contributed by atoms with Crippen LogP contribution in [-0.2, 0) is 0 Å². The van der Waals surface area contributed by atoms with Crippen molar-refractivity contribution in [2.24, 2.45) is 5.92 Å². The maximum absolute atomic E-state index is 2.26. The fraction of sp³-hybridized carbons (Fsp3) is 1.00. The molecule has 0 bridgehead atoms. The van der Waals surface area contributed by atoms with Gasteiger partial charge in [0, 0.05) is 9.52 Å². The van der Waals surface area contributed by atoms with Crippen molar-refractivity contribution < 1.29 is 0 Å². The van der Waals surface area contributed by atoms with E-state index in [0.29, 0.717) is 0 Å². The Kier molecular flexibility index (Phi) is 3.53. The van der Waals surface area contributed by atoms with E-state index in [4.69, 9.17) is 0 Å². The molecule has 0 nitrogen and oxygen atoms in total. The monoisotopic (exact) mass is 100 g/mol. The van der Waals surface area contributed by atoms with Crippen molar-refractivity contribution in [1.82, 2.24) is 0 Å². The van der Waals surface area contributed by atoms with Crippen molar-refractivity contribution >= 4 is 9.52 Å². The van der Waals surface area contributed by atoms with Crippen LogP contribution in [0.1, 0.15) is 13.8 Å². The van der Waals surface area contributed by atoms with Gasteiger partial charge in [-0.25, -0.2) is 0 Å². The molecule has 0 amide bonds. The highest BCUT2D eigenvalue weighted by Gasteiger charge is 1.86. The molecule has 0 aromatic rings. The fourth-order valence-electron chi connectivity index (χ4n) is 0.408. The molecule has 0 saturated heterocycles. The molecule has 0 rings (SSSR count). The topological polar surface area (TPSA) is 0 Å². The zero-order valence-electron chi connectivity index (χ0n) is 4.78. The van der Waals surface area contributed by atoms with Gasteiger partial charge >= 0.3 is 0 Å². The van der Waals surface area contributed by atoms with Crippen molar-refractivity contribution in [3.05, 3.63) is 0 Å². The highest BCUT2D eigenvalue weighted by atomic mass is 28.2. The molecule has 36 valence electrons. The summed E-state index contributed by atoms with van der Waals surface area (Å²) < 4.78 is 0. The number of hydrogen-bond donors (Lipinski definition) is 0. The third kappa shape index (κ3) is 4.22. The lowest BCUT2D eigenvalue weighted by Crippen LogP contribution is -1.88. The predicted octanol–water partition coefficient (Wildman–Crippen LogP) is 1.81. The molecule has 0 aliphatic carbocycles. The fourth-order valence-corrected chi connectivity index (χ4v) is 1.22. The molecule has 0 aliphatic heterocycles. The second-order valence-corrected chi connectivity index (χ2v) is 3.07. The van der Waals surface area contributed by atoms with Gasteiger partial charge in [-0.05, 0) is 5.92 Å². The largest absolute Gasteiger partial charge is 0.0733 e. The van der Waals surface area contributed by atoms with Gasteiger partial charge in [-0.3, -0.25) is 0 Å². The Bertz CT molecular complexity index is 25.1. The van der Waals surface area contributed by atoms with Crippen molar-refractivity contribution in [2.45, 2.75) is 26.4 Å². The third-order valence-corrected chi connectivity index (χ3v) is 1.84. The van der Waals surface area contributed by atoms with Gasteiger partial charge in [-0.15, -0.1) is 0 Å². The van der Waals surface area contributed by atoms with Gasteiger partial charge in [0.2, 0.25) is 0 Å². The standard InChI is InChI=1S/C5H12Si/c1-5(2)4-6-3/h5H,4H2,1-3H3. The zero-order chi connectivity index (χ0) is 4.99. The molecule has 0 unspecified atom stereocenters. The zero-order valence-corrected chi connectivity index (χ0v) is 5.78. The molecule has 0 aliphatic rings. The normalized spacial score (nSPS) is 10.0. The molecule has 0 atom stereocenters. The van der Waals surface area contributed by atoms with Crippen LogP contribution in [0.25, 0.3) is 0 Å². The molecule has 0 spiro atoms. The molecule has 0 saturated carbocycles. The van der Waals surface area contributed by atoms with Crippen LogP contribution in [0.15, 0.2) is 0 Å². The summed E-state index contributed by atoms with van der Waals surface area (Å²) >= 11 is 0. The minimum absolute atomic E-state index is 0.910. The molecule has 0 aromatic carbocycles. The Morgan fingerprint density at radius 3 is 2.00 bits per heavy atom. The van der Waals surface area contributed by atoms with Gasteiger partial charge in [0.05, 0.1) is 0 Å². The summed E-state index contributed by atoms with van der Waals surface area (Å²) in [4.78, 5) is 0. The summed E-state index contributed by atoms with van der Waals surface area (Å²) in [5.74, 6) is 0.910. The molecule has 0 N–H and O–H groups in total. The maximum atomic E-state index is 2.26. The van der Waals surface area contributed by atoms with Crippen LogP contribution >= 0.6 is 0 Å². The second kappa shape index (κ2) is 3.41. The smallest absolute Gasteiger partial charge is 0.0345 e. The van der Waals surface area contributed by atoms with Crippen LogP contribution in [0.3, 0.4) is 0 Å². The minimum Gasteiger partial charge on any atom is -0.0733 e. The van der Waals surface area contributed by atoms with E-state index in [-0.39, 0.29) is 0 Å². The Balaban J connectivity index is 2.63. The van der Waals surface area contributed by atoms with E-state index in [9.17, 15) is 0 Å². The molecule has 0 heterocycles. The maximum Gasteiger partial charge on any atom is 0.0345 e. The van der Waals surface area contributed by atoms with E-state index in [0.717, 1.165) is 15.4 Å². The third-order valence-electron chi connectivity index (χ3n) is 0.612. The summed E-state index contributed by atoms with van der Waals surface area (Å²) in [6.45, 7) is 6.77. The Hall–Kier alpha value is 0.217. The Labute approximate surface area is 42.8 Å². The molecule has 1 heteroatoms.